The Kier molecular flexibility index (Phi) is 6.09. The van der Waals surface area contributed by atoms with Gasteiger partial charge in [0.1, 0.15) is 12.6 Å². The van der Waals surface area contributed by atoms with Crippen molar-refractivity contribution in [2.45, 2.75) is 19.1 Å². The van der Waals surface area contributed by atoms with Gasteiger partial charge in [-0.1, -0.05) is 30.3 Å². The number of carboxylic acid groups (broad SMARTS) is 1. The third kappa shape index (κ3) is 6.15. The van der Waals surface area contributed by atoms with E-state index in [2.05, 4.69) is 0 Å². The summed E-state index contributed by atoms with van der Waals surface area (Å²) in [5.74, 6) is -0.649. The second-order valence-electron chi connectivity index (χ2n) is 3.80. The Labute approximate surface area is 117 Å². The molecule has 0 bridgehead atoms. The van der Waals surface area contributed by atoms with Crippen molar-refractivity contribution in [1.82, 2.24) is 5.31 Å². The van der Waals surface area contributed by atoms with Gasteiger partial charge in [0.2, 0.25) is 0 Å². The molecule has 2 N–H and O–H groups in total. The highest BCUT2D eigenvalue weighted by Gasteiger charge is 2.19. The Morgan fingerprint density at radius 3 is 2.74 bits per heavy atom. The van der Waals surface area contributed by atoms with Crippen LogP contribution in [0, 0.1) is 0 Å². The van der Waals surface area contributed by atoms with Gasteiger partial charge in [-0.05, 0) is 24.0 Å². The van der Waals surface area contributed by atoms with Gasteiger partial charge < -0.3 is 15.2 Å². The van der Waals surface area contributed by atoms with E-state index in [-0.39, 0.29) is 13.0 Å². The first kappa shape index (κ1) is 13.7. The molecule has 0 aliphatic carbocycles. The number of aliphatic carboxylic acids is 1. The third-order valence-corrected chi connectivity index (χ3v) is 2.99. The first-order valence-electron chi connectivity index (χ1n) is 6.21. The van der Waals surface area contributed by atoms with Crippen molar-refractivity contribution < 1.29 is 20.8 Å². The smallest absolute Gasteiger partial charge is 0.408 e. The fraction of sp³-hybridized carbons (Fsp3) is 0.385. The van der Waals surface area contributed by atoms with Crippen LogP contribution in [0.5, 0.6) is 0 Å². The third-order valence-electron chi connectivity index (χ3n) is 2.35. The topological polar surface area (TPSA) is 75.6 Å². The lowest BCUT2D eigenvalue weighted by molar-refractivity contribution is -0.139. The second kappa shape index (κ2) is 8.42. The molecular weight excluding hydrogens is 266 g/mol. The molecule has 6 heteroatoms. The zero-order chi connectivity index (χ0) is 15.0. The fourth-order valence-corrected chi connectivity index (χ4v) is 1.82. The lowest BCUT2D eigenvalue weighted by Gasteiger charge is -2.13. The average molecular weight is 284 g/mol. The molecule has 0 spiro atoms. The highest BCUT2D eigenvalue weighted by molar-refractivity contribution is 7.98. The van der Waals surface area contributed by atoms with E-state index in [0.717, 1.165) is 5.56 Å². The van der Waals surface area contributed by atoms with Gasteiger partial charge >= 0.3 is 12.1 Å². The maximum absolute atomic E-state index is 11.7. The van der Waals surface area contributed by atoms with Crippen LogP contribution in [0.2, 0.25) is 1.41 Å². The van der Waals surface area contributed by atoms with Crippen LogP contribution in [0.3, 0.4) is 0 Å². The zero-order valence-electron chi connectivity index (χ0n) is 11.6. The van der Waals surface area contributed by atoms with Crippen molar-refractivity contribution in [3.05, 3.63) is 35.9 Å². The van der Waals surface area contributed by atoms with Gasteiger partial charge in [0.05, 0.1) is 0 Å². The van der Waals surface area contributed by atoms with Crippen molar-refractivity contribution in [3.63, 3.8) is 0 Å². The molecule has 0 fully saturated rings. The number of alkyl carbamates (subject to hydrolysis) is 1. The van der Waals surface area contributed by atoms with Gasteiger partial charge in [-0.15, -0.1) is 0 Å². The number of hydrogen-bond acceptors (Lipinski definition) is 4. The van der Waals surface area contributed by atoms with Crippen LogP contribution in [0.4, 0.5) is 4.79 Å². The molecule has 1 atom stereocenters. The zero-order valence-corrected chi connectivity index (χ0v) is 11.4. The van der Waals surface area contributed by atoms with Gasteiger partial charge in [-0.2, -0.15) is 11.8 Å². The van der Waals surface area contributed by atoms with Crippen molar-refractivity contribution >= 4 is 23.8 Å². The minimum atomic E-state index is -1.20. The summed E-state index contributed by atoms with van der Waals surface area (Å²) >= 11 is 1.46. The molecule has 0 saturated heterocycles. The number of amides is 1. The van der Waals surface area contributed by atoms with E-state index in [4.69, 9.17) is 11.3 Å². The number of carbonyl (C=O) groups excluding carboxylic acids is 1. The average Bonchev–Trinajstić information content (AvgIpc) is 2.45. The van der Waals surface area contributed by atoms with Crippen molar-refractivity contribution in [2.24, 2.45) is 0 Å². The second-order valence-corrected chi connectivity index (χ2v) is 4.79. The summed E-state index contributed by atoms with van der Waals surface area (Å²) in [4.78, 5) is 22.7. The highest BCUT2D eigenvalue weighted by atomic mass is 32.2. The van der Waals surface area contributed by atoms with Gasteiger partial charge in [0.25, 0.3) is 0 Å². The van der Waals surface area contributed by atoms with E-state index in [1.54, 1.807) is 24.3 Å². The number of carbonyl (C=O) groups is 2. The Balaban J connectivity index is 2.53. The summed E-state index contributed by atoms with van der Waals surface area (Å²) in [5, 5.41) is 9.42. The van der Waals surface area contributed by atoms with E-state index in [9.17, 15) is 9.59 Å². The Morgan fingerprint density at radius 2 is 2.16 bits per heavy atom. The van der Waals surface area contributed by atoms with Crippen LogP contribution in [0.15, 0.2) is 30.3 Å². The standard InChI is InChI=1S/C13H17NO4S/c1-19-8-7-11(12(15)16)14-13(17)18-9-10-5-3-2-4-6-10/h2-6,11H,7-9H2,1H3,(H,14,17)(H,15,16)/t11-/m0/s1/i/hD. The quantitative estimate of drug-likeness (QED) is 0.802. The predicted octanol–water partition coefficient (Wildman–Crippen LogP) is 2.12. The molecule has 0 aliphatic rings. The van der Waals surface area contributed by atoms with Gasteiger partial charge in [-0.25, -0.2) is 9.59 Å². The van der Waals surface area contributed by atoms with Crippen molar-refractivity contribution in [2.75, 3.05) is 12.0 Å². The molecule has 0 radical (unpaired) electrons. The minimum absolute atomic E-state index is 0.0178. The van der Waals surface area contributed by atoms with E-state index in [1.807, 2.05) is 12.3 Å². The number of carboxylic acids is 1. The highest BCUT2D eigenvalue weighted by Crippen LogP contribution is 2.03. The van der Waals surface area contributed by atoms with Crippen LogP contribution in [0.25, 0.3) is 0 Å². The lowest BCUT2D eigenvalue weighted by Crippen LogP contribution is -2.41. The molecule has 0 unspecified atom stereocenters. The Bertz CT molecular complexity index is 443. The number of rotatable bonds is 7. The molecule has 0 heterocycles. The van der Waals surface area contributed by atoms with Crippen LogP contribution in [-0.4, -0.2) is 35.2 Å². The van der Waals surface area contributed by atoms with Crippen LogP contribution < -0.4 is 5.31 Å². The van der Waals surface area contributed by atoms with Gasteiger partial charge in [0, 0.05) is 0 Å². The first-order chi connectivity index (χ1) is 9.56. The van der Waals surface area contributed by atoms with E-state index < -0.39 is 18.1 Å². The van der Waals surface area contributed by atoms with Crippen molar-refractivity contribution in [1.29, 1.82) is 0 Å². The maximum Gasteiger partial charge on any atom is 0.408 e. The molecule has 1 aromatic carbocycles. The molecule has 0 saturated carbocycles. The number of thioether (sulfide) groups is 1. The van der Waals surface area contributed by atoms with Crippen LogP contribution in [0.1, 0.15) is 12.0 Å². The summed E-state index contributed by atoms with van der Waals surface area (Å²) in [5.41, 5.74) is 0.783. The number of ether oxygens (including phenoxy) is 1. The summed E-state index contributed by atoms with van der Waals surface area (Å²) in [7, 11) is 0. The molecule has 0 aromatic heterocycles. The molecule has 1 aromatic rings. The summed E-state index contributed by atoms with van der Waals surface area (Å²) in [6.07, 6.45) is 1.09. The monoisotopic (exact) mass is 284 g/mol. The molecular formula is C13H17NO4S. The van der Waals surface area contributed by atoms with E-state index in [1.165, 1.54) is 11.8 Å². The lowest BCUT2D eigenvalue weighted by atomic mass is 10.2. The number of nitrogens with one attached hydrogen (secondary N) is 1. The summed E-state index contributed by atoms with van der Waals surface area (Å²) in [6.45, 7) is 0.0178. The van der Waals surface area contributed by atoms with Crippen LogP contribution in [-0.2, 0) is 16.1 Å². The normalized spacial score (nSPS) is 12.4. The largest absolute Gasteiger partial charge is 0.480 e. The van der Waals surface area contributed by atoms with Crippen molar-refractivity contribution in [3.8, 4) is 0 Å². The van der Waals surface area contributed by atoms with E-state index >= 15 is 0 Å². The number of hydrogen-bond donors (Lipinski definition) is 2. The molecule has 19 heavy (non-hydrogen) atoms. The Hall–Kier alpha value is -1.69. The molecule has 1 rings (SSSR count). The van der Waals surface area contributed by atoms with Crippen LogP contribution >= 0.6 is 11.8 Å². The first-order valence-corrected chi connectivity index (χ1v) is 7.16. The SMILES string of the molecule is [2H]N(C(=O)OCc1ccccc1)[C@@H](CCSC)C(=O)O. The van der Waals surface area contributed by atoms with E-state index in [0.29, 0.717) is 11.1 Å². The van der Waals surface area contributed by atoms with Gasteiger partial charge in [0.15, 0.2) is 1.41 Å². The molecule has 104 valence electrons. The fourth-order valence-electron chi connectivity index (χ4n) is 1.36. The summed E-state index contributed by atoms with van der Waals surface area (Å²) in [6, 6.07) is 7.82. The minimum Gasteiger partial charge on any atom is -0.480 e. The Morgan fingerprint density at radius 1 is 1.47 bits per heavy atom. The maximum atomic E-state index is 11.7. The molecule has 1 amide bonds. The molecule has 0 aliphatic heterocycles. The number of benzene rings is 1. The predicted molar refractivity (Wildman–Crippen MR) is 74.2 cm³/mol. The molecule has 5 nitrogen and oxygen atoms in total. The summed E-state index contributed by atoms with van der Waals surface area (Å²) < 4.78 is 12.5. The van der Waals surface area contributed by atoms with Gasteiger partial charge in [-0.3, -0.25) is 0 Å².